The topological polar surface area (TPSA) is 126 Å². The second-order valence-corrected chi connectivity index (χ2v) is 11.7. The number of ether oxygens (including phenoxy) is 1. The van der Waals surface area contributed by atoms with Gasteiger partial charge < -0.3 is 30.9 Å². The van der Waals surface area contributed by atoms with E-state index in [-0.39, 0.29) is 17.9 Å². The second kappa shape index (κ2) is 13.8. The average molecular weight is 586 g/mol. The predicted octanol–water partition coefficient (Wildman–Crippen LogP) is 4.86. The molecule has 1 saturated heterocycles. The van der Waals surface area contributed by atoms with Crippen molar-refractivity contribution in [2.45, 2.75) is 58.0 Å². The zero-order chi connectivity index (χ0) is 30.3. The molecule has 1 fully saturated rings. The highest BCUT2D eigenvalue weighted by Crippen LogP contribution is 2.29. The van der Waals surface area contributed by atoms with Gasteiger partial charge in [-0.15, -0.1) is 0 Å². The highest BCUT2D eigenvalue weighted by Gasteiger charge is 2.22. The summed E-state index contributed by atoms with van der Waals surface area (Å²) in [4.78, 5) is 26.5. The number of hydrogen-bond acceptors (Lipinski definition) is 9. The third-order valence-electron chi connectivity index (χ3n) is 7.59. The minimum Gasteiger partial charge on any atom is -0.457 e. The van der Waals surface area contributed by atoms with Gasteiger partial charge in [-0.25, -0.2) is 0 Å². The average Bonchev–Trinajstić information content (AvgIpc) is 3.42. The van der Waals surface area contributed by atoms with Gasteiger partial charge in [-0.1, -0.05) is 38.1 Å². The number of nitrogens with two attached hydrogens (primary N) is 1. The number of piperidine rings is 1. The molecule has 0 spiro atoms. The molecule has 0 saturated carbocycles. The Morgan fingerprint density at radius 1 is 1.12 bits per heavy atom. The van der Waals surface area contributed by atoms with Crippen LogP contribution in [0.3, 0.4) is 0 Å². The van der Waals surface area contributed by atoms with E-state index in [1.807, 2.05) is 68.8 Å². The molecule has 0 bridgehead atoms. The number of carbonyl (C=O) groups is 1. The van der Waals surface area contributed by atoms with Gasteiger partial charge >= 0.3 is 0 Å². The van der Waals surface area contributed by atoms with Gasteiger partial charge in [0.05, 0.1) is 6.20 Å². The van der Waals surface area contributed by atoms with E-state index < -0.39 is 0 Å². The Balaban J connectivity index is 1.32. The standard InChI is InChI=1S/C32H43N9O2/c1-22(2)27-21-35-41-30(27)37-32(40-17-14-24(33)15-18-40)38-31(41)34-20-23-9-5-6-12-28(23)43-26-11-7-10-25(19-26)36-29(42)13-8-16-39(3)4/h5-7,9-12,19,21-22,24H,8,13-18,20,33H2,1-4H3,(H,36,42)(H,34,37,38). The first-order valence-electron chi connectivity index (χ1n) is 15.1. The lowest BCUT2D eigenvalue weighted by atomic mass is 10.1. The third-order valence-corrected chi connectivity index (χ3v) is 7.59. The van der Waals surface area contributed by atoms with E-state index in [4.69, 9.17) is 20.4 Å². The summed E-state index contributed by atoms with van der Waals surface area (Å²) in [6, 6.07) is 15.6. The Morgan fingerprint density at radius 2 is 1.91 bits per heavy atom. The maximum absolute atomic E-state index is 12.4. The minimum absolute atomic E-state index is 0.00854. The lowest BCUT2D eigenvalue weighted by Gasteiger charge is -2.30. The quantitative estimate of drug-likeness (QED) is 0.214. The monoisotopic (exact) mass is 585 g/mol. The normalized spacial score (nSPS) is 14.1. The van der Waals surface area contributed by atoms with Crippen molar-refractivity contribution >= 4 is 29.1 Å². The van der Waals surface area contributed by atoms with Crippen molar-refractivity contribution in [3.05, 3.63) is 65.9 Å². The molecule has 4 N–H and O–H groups in total. The summed E-state index contributed by atoms with van der Waals surface area (Å²) in [6.07, 6.45) is 4.98. The van der Waals surface area contributed by atoms with Crippen LogP contribution < -0.4 is 26.0 Å². The van der Waals surface area contributed by atoms with Crippen LogP contribution in [-0.2, 0) is 11.3 Å². The van der Waals surface area contributed by atoms with Crippen molar-refractivity contribution in [2.75, 3.05) is 49.3 Å². The SMILES string of the molecule is CC(C)c1cnn2c(NCc3ccccc3Oc3cccc(NC(=O)CCCN(C)C)c3)nc(N3CCC(N)CC3)nc12. The van der Waals surface area contributed by atoms with E-state index >= 15 is 0 Å². The summed E-state index contributed by atoms with van der Waals surface area (Å²) < 4.78 is 8.09. The van der Waals surface area contributed by atoms with Crippen molar-refractivity contribution in [2.24, 2.45) is 5.73 Å². The number of aromatic nitrogens is 4. The van der Waals surface area contributed by atoms with Crippen molar-refractivity contribution in [3.63, 3.8) is 0 Å². The molecule has 4 aromatic rings. The summed E-state index contributed by atoms with van der Waals surface area (Å²) in [5, 5.41) is 11.1. The molecule has 11 heteroatoms. The maximum atomic E-state index is 12.4. The predicted molar refractivity (Wildman–Crippen MR) is 171 cm³/mol. The van der Waals surface area contributed by atoms with Gasteiger partial charge in [0.15, 0.2) is 5.65 Å². The van der Waals surface area contributed by atoms with E-state index in [0.29, 0.717) is 42.0 Å². The van der Waals surface area contributed by atoms with Crippen LogP contribution in [0.15, 0.2) is 54.7 Å². The van der Waals surface area contributed by atoms with Crippen LogP contribution in [0.2, 0.25) is 0 Å². The number of anilines is 3. The molecule has 0 atom stereocenters. The van der Waals surface area contributed by atoms with E-state index in [2.05, 4.69) is 39.4 Å². The minimum atomic E-state index is -0.00854. The number of amides is 1. The molecule has 11 nitrogen and oxygen atoms in total. The second-order valence-electron chi connectivity index (χ2n) is 11.7. The van der Waals surface area contributed by atoms with Gasteiger partial charge in [0.2, 0.25) is 17.8 Å². The van der Waals surface area contributed by atoms with Crippen molar-refractivity contribution < 1.29 is 9.53 Å². The summed E-state index contributed by atoms with van der Waals surface area (Å²) in [6.45, 7) is 7.28. The Hall–Kier alpha value is -4.22. The lowest BCUT2D eigenvalue weighted by Crippen LogP contribution is -2.40. The molecule has 1 amide bonds. The molecular weight excluding hydrogens is 542 g/mol. The van der Waals surface area contributed by atoms with Crippen LogP contribution in [0.1, 0.15) is 56.6 Å². The molecule has 3 heterocycles. The number of hydrogen-bond donors (Lipinski definition) is 3. The Morgan fingerprint density at radius 3 is 2.67 bits per heavy atom. The van der Waals surface area contributed by atoms with Crippen LogP contribution >= 0.6 is 0 Å². The Kier molecular flexibility index (Phi) is 9.73. The largest absolute Gasteiger partial charge is 0.457 e. The van der Waals surface area contributed by atoms with Crippen molar-refractivity contribution in [1.29, 1.82) is 0 Å². The first-order chi connectivity index (χ1) is 20.8. The first-order valence-corrected chi connectivity index (χ1v) is 15.1. The lowest BCUT2D eigenvalue weighted by molar-refractivity contribution is -0.116. The number of benzene rings is 2. The van der Waals surface area contributed by atoms with Crippen LogP contribution in [0, 0.1) is 0 Å². The molecule has 0 unspecified atom stereocenters. The number of rotatable bonds is 12. The highest BCUT2D eigenvalue weighted by molar-refractivity contribution is 5.90. The van der Waals surface area contributed by atoms with E-state index in [1.165, 1.54) is 0 Å². The molecular formula is C32H43N9O2. The van der Waals surface area contributed by atoms with Crippen LogP contribution in [0.5, 0.6) is 11.5 Å². The van der Waals surface area contributed by atoms with Gasteiger partial charge in [0, 0.05) is 55.0 Å². The molecule has 5 rings (SSSR count). The number of nitrogens with one attached hydrogen (secondary N) is 2. The fourth-order valence-electron chi connectivity index (χ4n) is 5.11. The van der Waals surface area contributed by atoms with Crippen molar-refractivity contribution in [1.82, 2.24) is 24.5 Å². The zero-order valence-corrected chi connectivity index (χ0v) is 25.6. The van der Waals surface area contributed by atoms with Crippen LogP contribution in [0.25, 0.3) is 5.65 Å². The molecule has 2 aromatic heterocycles. The van der Waals surface area contributed by atoms with Gasteiger partial charge in [-0.2, -0.15) is 19.6 Å². The van der Waals surface area contributed by atoms with Gasteiger partial charge in [0.25, 0.3) is 0 Å². The van der Waals surface area contributed by atoms with E-state index in [1.54, 1.807) is 4.52 Å². The molecule has 2 aromatic carbocycles. The number of carbonyl (C=O) groups excluding carboxylic acids is 1. The maximum Gasteiger partial charge on any atom is 0.230 e. The zero-order valence-electron chi connectivity index (χ0n) is 25.6. The fourth-order valence-corrected chi connectivity index (χ4v) is 5.11. The fraction of sp³-hybridized carbons (Fsp3) is 0.438. The number of para-hydroxylation sites is 1. The summed E-state index contributed by atoms with van der Waals surface area (Å²) >= 11 is 0. The number of nitrogens with zero attached hydrogens (tertiary/aromatic N) is 6. The Labute approximate surface area is 253 Å². The summed E-state index contributed by atoms with van der Waals surface area (Å²) in [5.74, 6) is 2.93. The summed E-state index contributed by atoms with van der Waals surface area (Å²) in [5.41, 5.74) is 9.70. The molecule has 0 aliphatic carbocycles. The molecule has 1 aliphatic rings. The van der Waals surface area contributed by atoms with Gasteiger partial charge in [-0.3, -0.25) is 4.79 Å². The van der Waals surface area contributed by atoms with E-state index in [9.17, 15) is 4.79 Å². The molecule has 1 aliphatic heterocycles. The smallest absolute Gasteiger partial charge is 0.230 e. The Bertz CT molecular complexity index is 1530. The molecule has 228 valence electrons. The third kappa shape index (κ3) is 7.79. The highest BCUT2D eigenvalue weighted by atomic mass is 16.5. The first kappa shape index (κ1) is 30.2. The number of fused-ring (bicyclic) bond motifs is 1. The molecule has 0 radical (unpaired) electrons. The van der Waals surface area contributed by atoms with Gasteiger partial charge in [-0.05, 0) is 64.0 Å². The van der Waals surface area contributed by atoms with Crippen LogP contribution in [-0.4, -0.2) is 70.2 Å². The van der Waals surface area contributed by atoms with Crippen molar-refractivity contribution in [3.8, 4) is 11.5 Å². The van der Waals surface area contributed by atoms with E-state index in [0.717, 1.165) is 55.7 Å². The van der Waals surface area contributed by atoms with Crippen LogP contribution in [0.4, 0.5) is 17.6 Å². The summed E-state index contributed by atoms with van der Waals surface area (Å²) in [7, 11) is 4.01. The van der Waals surface area contributed by atoms with Gasteiger partial charge in [0.1, 0.15) is 11.5 Å². The molecule has 43 heavy (non-hydrogen) atoms.